The van der Waals surface area contributed by atoms with E-state index in [-0.39, 0.29) is 19.1 Å². The average Bonchev–Trinajstić information content (AvgIpc) is 3.15. The van der Waals surface area contributed by atoms with Gasteiger partial charge in [0, 0.05) is 6.42 Å². The summed E-state index contributed by atoms with van der Waals surface area (Å²) in [6.45, 7) is 4.63. The van der Waals surface area contributed by atoms with Crippen LogP contribution in [0.5, 0.6) is 0 Å². The summed E-state index contributed by atoms with van der Waals surface area (Å²) >= 11 is 0. The minimum Gasteiger partial charge on any atom is -0.756 e. The minimum absolute atomic E-state index is 0.00420. The Morgan fingerprint density at radius 3 is 1.45 bits per heavy atom. The zero-order chi connectivity index (χ0) is 41.4. The number of hydrogen-bond acceptors (Lipinski definition) is 6. The first-order valence-electron chi connectivity index (χ1n) is 23.7. The summed E-state index contributed by atoms with van der Waals surface area (Å²) in [7, 11) is 1.25. The second-order valence-electron chi connectivity index (χ2n) is 17.5. The van der Waals surface area contributed by atoms with Crippen molar-refractivity contribution >= 4 is 13.7 Å². The Hall–Kier alpha value is -1.02. The topological polar surface area (TPSA) is 108 Å². The number of nitrogens with zero attached hydrogens (tertiary/aromatic N) is 1. The predicted molar refractivity (Wildman–Crippen MR) is 238 cm³/mol. The lowest BCUT2D eigenvalue weighted by Crippen LogP contribution is -2.45. The molecule has 0 aromatic rings. The van der Waals surface area contributed by atoms with Crippen molar-refractivity contribution in [3.8, 4) is 0 Å². The van der Waals surface area contributed by atoms with Gasteiger partial charge >= 0.3 is 0 Å². The molecule has 332 valence electrons. The van der Waals surface area contributed by atoms with Gasteiger partial charge in [0.1, 0.15) is 13.2 Å². The smallest absolute Gasteiger partial charge is 0.268 e. The highest BCUT2D eigenvalue weighted by Gasteiger charge is 2.23. The number of phosphoric ester groups is 1. The Bertz CT molecular complexity index is 969. The molecular weight excluding hydrogens is 719 g/mol. The summed E-state index contributed by atoms with van der Waals surface area (Å²) in [5, 5.41) is 13.8. The molecule has 1 amide bonds. The number of phosphoric acid groups is 1. The lowest BCUT2D eigenvalue weighted by Gasteiger charge is -2.29. The van der Waals surface area contributed by atoms with Gasteiger partial charge in [-0.2, -0.15) is 0 Å². The molecule has 8 nitrogen and oxygen atoms in total. The molecule has 56 heavy (non-hydrogen) atoms. The van der Waals surface area contributed by atoms with E-state index >= 15 is 0 Å². The van der Waals surface area contributed by atoms with Crippen molar-refractivity contribution in [3.63, 3.8) is 0 Å². The van der Waals surface area contributed by atoms with Crippen LogP contribution in [0.3, 0.4) is 0 Å². The molecule has 9 heteroatoms. The van der Waals surface area contributed by atoms with Crippen LogP contribution >= 0.6 is 7.82 Å². The van der Waals surface area contributed by atoms with E-state index in [1.165, 1.54) is 161 Å². The van der Waals surface area contributed by atoms with E-state index in [2.05, 4.69) is 31.3 Å². The first kappa shape index (κ1) is 55.0. The van der Waals surface area contributed by atoms with E-state index in [1.54, 1.807) is 6.08 Å². The Kier molecular flexibility index (Phi) is 38.7. The molecule has 0 aliphatic carbocycles. The summed E-state index contributed by atoms with van der Waals surface area (Å²) < 4.78 is 23.2. The van der Waals surface area contributed by atoms with E-state index in [1.807, 2.05) is 27.2 Å². The molecule has 2 N–H and O–H groups in total. The van der Waals surface area contributed by atoms with Gasteiger partial charge in [-0.05, 0) is 32.1 Å². The number of quaternary nitrogens is 1. The van der Waals surface area contributed by atoms with Gasteiger partial charge in [0.05, 0.1) is 39.9 Å². The van der Waals surface area contributed by atoms with Gasteiger partial charge in [-0.25, -0.2) is 0 Å². The highest BCUT2D eigenvalue weighted by atomic mass is 31.2. The van der Waals surface area contributed by atoms with E-state index < -0.39 is 20.0 Å². The first-order valence-corrected chi connectivity index (χ1v) is 25.2. The molecule has 0 rings (SSSR count). The van der Waals surface area contributed by atoms with Gasteiger partial charge in [0.15, 0.2) is 0 Å². The molecule has 0 radical (unpaired) electrons. The molecule has 0 aromatic heterocycles. The normalized spacial score (nSPS) is 14.5. The summed E-state index contributed by atoms with van der Waals surface area (Å²) in [5.74, 6) is -0.205. The fraction of sp³-hybridized carbons (Fsp3) is 0.894. The molecule has 0 bridgehead atoms. The second kappa shape index (κ2) is 39.4. The quantitative estimate of drug-likeness (QED) is 0.0275. The summed E-state index contributed by atoms with van der Waals surface area (Å²) in [6.07, 6.45) is 46.6. The first-order chi connectivity index (χ1) is 27.0. The second-order valence-corrected chi connectivity index (χ2v) is 18.9. The number of carbonyl (C=O) groups is 1. The van der Waals surface area contributed by atoms with Crippen LogP contribution in [0.15, 0.2) is 24.3 Å². The molecule has 0 saturated heterocycles. The summed E-state index contributed by atoms with van der Waals surface area (Å²) in [5.41, 5.74) is 0. The molecule has 0 aromatic carbocycles. The molecule has 3 atom stereocenters. The number of rotatable bonds is 43. The molecule has 3 unspecified atom stereocenters. The molecular formula is C47H93N2O6P. The fourth-order valence-electron chi connectivity index (χ4n) is 6.87. The molecule has 0 spiro atoms. The molecule has 0 aliphatic heterocycles. The number of nitrogens with one attached hydrogen (secondary N) is 1. The Morgan fingerprint density at radius 2 is 1.00 bits per heavy atom. The standard InChI is InChI=1S/C47H93N2O6P/c1-6-8-10-12-14-16-18-20-22-23-24-25-26-27-29-31-33-35-37-39-41-47(51)48-45(44-55-56(52,53)54-43-42-49(3,4)5)46(50)40-38-36-34-32-30-28-21-19-17-15-13-11-9-7-2/h30,32,38,40,45-46,50H,6-29,31,33-37,39,41-44H2,1-5H3,(H-,48,51,52,53)/b32-30+,40-38+. The Balaban J connectivity index is 4.34. The molecule has 0 heterocycles. The van der Waals surface area contributed by atoms with Crippen molar-refractivity contribution in [1.29, 1.82) is 0 Å². The SMILES string of the molecule is CCCCCCCCCC/C=C/CC/C=C/C(O)C(COP(=O)([O-])OCC[N+](C)(C)C)NC(=O)CCCCCCCCCCCCCCCCCCCCCC. The van der Waals surface area contributed by atoms with E-state index in [0.717, 1.165) is 38.5 Å². The number of amides is 1. The van der Waals surface area contributed by atoms with Crippen LogP contribution in [0.2, 0.25) is 0 Å². The number of likely N-dealkylation sites (N-methyl/N-ethyl adjacent to an activating group) is 1. The van der Waals surface area contributed by atoms with Gasteiger partial charge in [-0.15, -0.1) is 0 Å². The number of unbranched alkanes of at least 4 members (excludes halogenated alkanes) is 28. The van der Waals surface area contributed by atoms with Gasteiger partial charge in [-0.3, -0.25) is 9.36 Å². The summed E-state index contributed by atoms with van der Waals surface area (Å²) in [6, 6.07) is -0.898. The minimum atomic E-state index is -4.59. The van der Waals surface area contributed by atoms with E-state index in [9.17, 15) is 19.4 Å². The van der Waals surface area contributed by atoms with Gasteiger partial charge in [0.25, 0.3) is 7.82 Å². The maximum Gasteiger partial charge on any atom is 0.268 e. The highest BCUT2D eigenvalue weighted by molar-refractivity contribution is 7.45. The lowest BCUT2D eigenvalue weighted by atomic mass is 10.0. The third-order valence-corrected chi connectivity index (χ3v) is 11.6. The Morgan fingerprint density at radius 1 is 0.607 bits per heavy atom. The van der Waals surface area contributed by atoms with Crippen LogP contribution in [-0.2, 0) is 18.4 Å². The van der Waals surface area contributed by atoms with Crippen molar-refractivity contribution in [2.45, 2.75) is 231 Å². The zero-order valence-corrected chi connectivity index (χ0v) is 38.5. The van der Waals surface area contributed by atoms with Crippen LogP contribution in [0.25, 0.3) is 0 Å². The monoisotopic (exact) mass is 813 g/mol. The van der Waals surface area contributed by atoms with Crippen LogP contribution in [-0.4, -0.2) is 68.5 Å². The highest BCUT2D eigenvalue weighted by Crippen LogP contribution is 2.38. The number of aliphatic hydroxyl groups excluding tert-OH is 1. The van der Waals surface area contributed by atoms with E-state index in [4.69, 9.17) is 9.05 Å². The van der Waals surface area contributed by atoms with Gasteiger partial charge < -0.3 is 28.8 Å². The van der Waals surface area contributed by atoms with Crippen LogP contribution in [0.4, 0.5) is 0 Å². The van der Waals surface area contributed by atoms with Crippen LogP contribution in [0, 0.1) is 0 Å². The number of carbonyl (C=O) groups excluding carboxylic acids is 1. The van der Waals surface area contributed by atoms with Gasteiger partial charge in [-0.1, -0.05) is 205 Å². The largest absolute Gasteiger partial charge is 0.756 e. The number of aliphatic hydroxyl groups is 1. The van der Waals surface area contributed by atoms with E-state index in [0.29, 0.717) is 17.4 Å². The molecule has 0 aliphatic rings. The Labute approximate surface area is 347 Å². The maximum atomic E-state index is 12.9. The average molecular weight is 813 g/mol. The van der Waals surface area contributed by atoms with Crippen LogP contribution < -0.4 is 10.2 Å². The van der Waals surface area contributed by atoms with Crippen molar-refractivity contribution in [1.82, 2.24) is 5.32 Å². The zero-order valence-electron chi connectivity index (χ0n) is 37.6. The molecule has 0 fully saturated rings. The van der Waals surface area contributed by atoms with Crippen LogP contribution in [0.1, 0.15) is 219 Å². The molecule has 0 saturated carbocycles. The predicted octanol–water partition coefficient (Wildman–Crippen LogP) is 12.7. The fourth-order valence-corrected chi connectivity index (χ4v) is 7.60. The number of allylic oxidation sites excluding steroid dienone is 3. The number of hydrogen-bond donors (Lipinski definition) is 2. The third kappa shape index (κ3) is 41.2. The summed E-state index contributed by atoms with van der Waals surface area (Å²) in [4.78, 5) is 25.3. The van der Waals surface area contributed by atoms with Crippen molar-refractivity contribution < 1.29 is 32.9 Å². The lowest BCUT2D eigenvalue weighted by molar-refractivity contribution is -0.870. The van der Waals surface area contributed by atoms with Crippen molar-refractivity contribution in [3.05, 3.63) is 24.3 Å². The van der Waals surface area contributed by atoms with Gasteiger partial charge in [0.2, 0.25) is 5.91 Å². The van der Waals surface area contributed by atoms with Crippen molar-refractivity contribution in [2.24, 2.45) is 0 Å². The van der Waals surface area contributed by atoms with Crippen molar-refractivity contribution in [2.75, 3.05) is 40.9 Å². The maximum absolute atomic E-state index is 12.9. The third-order valence-electron chi connectivity index (χ3n) is 10.7.